The van der Waals surface area contributed by atoms with Gasteiger partial charge in [-0.05, 0) is 37.1 Å². The minimum Gasteiger partial charge on any atom is -0.399 e. The molecule has 1 atom stereocenters. The predicted molar refractivity (Wildman–Crippen MR) is 84.9 cm³/mol. The van der Waals surface area contributed by atoms with Gasteiger partial charge < -0.3 is 16.0 Å². The maximum Gasteiger partial charge on any atom is 0.251 e. The third-order valence-corrected chi connectivity index (χ3v) is 3.54. The van der Waals surface area contributed by atoms with E-state index in [-0.39, 0.29) is 18.4 Å². The SMILES string of the molecule is CCC(C)CN(CC)C(=O)CNC(=O)c1ccc(N)cc1. The first kappa shape index (κ1) is 17.0. The molecule has 1 aromatic rings. The first-order valence-electron chi connectivity index (χ1n) is 7.39. The molecule has 21 heavy (non-hydrogen) atoms. The zero-order chi connectivity index (χ0) is 15.8. The lowest BCUT2D eigenvalue weighted by Crippen LogP contribution is -2.41. The van der Waals surface area contributed by atoms with Crippen LogP contribution in [0.15, 0.2) is 24.3 Å². The normalized spacial score (nSPS) is 11.8. The van der Waals surface area contributed by atoms with Gasteiger partial charge in [0.05, 0.1) is 6.54 Å². The summed E-state index contributed by atoms with van der Waals surface area (Å²) in [5, 5.41) is 2.65. The third-order valence-electron chi connectivity index (χ3n) is 3.54. The van der Waals surface area contributed by atoms with Crippen LogP contribution in [0.3, 0.4) is 0 Å². The van der Waals surface area contributed by atoms with E-state index in [4.69, 9.17) is 5.73 Å². The summed E-state index contributed by atoms with van der Waals surface area (Å²) in [7, 11) is 0. The molecule has 0 aliphatic carbocycles. The molecule has 5 heteroatoms. The van der Waals surface area contributed by atoms with E-state index in [2.05, 4.69) is 19.2 Å². The maximum atomic E-state index is 12.1. The highest BCUT2D eigenvalue weighted by Crippen LogP contribution is 2.06. The first-order valence-corrected chi connectivity index (χ1v) is 7.39. The van der Waals surface area contributed by atoms with Crippen molar-refractivity contribution in [1.82, 2.24) is 10.2 Å². The van der Waals surface area contributed by atoms with Gasteiger partial charge >= 0.3 is 0 Å². The number of amides is 2. The van der Waals surface area contributed by atoms with E-state index in [1.165, 1.54) is 0 Å². The van der Waals surface area contributed by atoms with Gasteiger partial charge in [0.25, 0.3) is 5.91 Å². The maximum absolute atomic E-state index is 12.1. The number of nitrogens with two attached hydrogens (primary N) is 1. The van der Waals surface area contributed by atoms with Gasteiger partial charge in [0.15, 0.2) is 0 Å². The molecule has 1 rings (SSSR count). The molecule has 0 aliphatic rings. The number of benzene rings is 1. The highest BCUT2D eigenvalue weighted by Gasteiger charge is 2.15. The molecule has 0 saturated heterocycles. The van der Waals surface area contributed by atoms with Crippen LogP contribution in [0, 0.1) is 5.92 Å². The van der Waals surface area contributed by atoms with Crippen molar-refractivity contribution in [3.8, 4) is 0 Å². The quantitative estimate of drug-likeness (QED) is 0.753. The van der Waals surface area contributed by atoms with Crippen LogP contribution in [-0.2, 0) is 4.79 Å². The Labute approximate surface area is 126 Å². The van der Waals surface area contributed by atoms with Gasteiger partial charge in [0, 0.05) is 24.3 Å². The first-order chi connectivity index (χ1) is 9.97. The van der Waals surface area contributed by atoms with Crippen LogP contribution < -0.4 is 11.1 Å². The fourth-order valence-corrected chi connectivity index (χ4v) is 1.92. The second-order valence-electron chi connectivity index (χ2n) is 5.25. The average Bonchev–Trinajstić information content (AvgIpc) is 2.50. The van der Waals surface area contributed by atoms with E-state index in [1.807, 2.05) is 6.92 Å². The molecule has 0 aromatic heterocycles. The highest BCUT2D eigenvalue weighted by atomic mass is 16.2. The number of anilines is 1. The molecule has 0 aliphatic heterocycles. The van der Waals surface area contributed by atoms with Crippen molar-refractivity contribution in [2.75, 3.05) is 25.4 Å². The van der Waals surface area contributed by atoms with E-state index in [9.17, 15) is 9.59 Å². The molecule has 3 N–H and O–H groups in total. The number of carbonyl (C=O) groups is 2. The summed E-state index contributed by atoms with van der Waals surface area (Å²) in [6.45, 7) is 7.56. The van der Waals surface area contributed by atoms with E-state index in [0.29, 0.717) is 23.7 Å². The van der Waals surface area contributed by atoms with Gasteiger partial charge in [-0.3, -0.25) is 9.59 Å². The number of carbonyl (C=O) groups excluding carboxylic acids is 2. The van der Waals surface area contributed by atoms with Crippen molar-refractivity contribution >= 4 is 17.5 Å². The van der Waals surface area contributed by atoms with Gasteiger partial charge in [0.1, 0.15) is 0 Å². The lowest BCUT2D eigenvalue weighted by Gasteiger charge is -2.24. The lowest BCUT2D eigenvalue weighted by atomic mass is 10.1. The molecule has 2 amide bonds. The van der Waals surface area contributed by atoms with Gasteiger partial charge in [-0.25, -0.2) is 0 Å². The fourth-order valence-electron chi connectivity index (χ4n) is 1.92. The summed E-state index contributed by atoms with van der Waals surface area (Å²) >= 11 is 0. The Morgan fingerprint density at radius 3 is 2.38 bits per heavy atom. The molecule has 0 bridgehead atoms. The molecule has 1 unspecified atom stereocenters. The Bertz CT molecular complexity index is 471. The van der Waals surface area contributed by atoms with E-state index < -0.39 is 0 Å². The Hall–Kier alpha value is -2.04. The van der Waals surface area contributed by atoms with Crippen molar-refractivity contribution in [3.63, 3.8) is 0 Å². The average molecular weight is 291 g/mol. The molecule has 0 heterocycles. The lowest BCUT2D eigenvalue weighted by molar-refractivity contribution is -0.130. The van der Waals surface area contributed by atoms with Crippen molar-refractivity contribution in [2.45, 2.75) is 27.2 Å². The third kappa shape index (κ3) is 5.45. The standard InChI is InChI=1S/C16H25N3O2/c1-4-12(3)11-19(5-2)15(20)10-18-16(21)13-6-8-14(17)9-7-13/h6-9,12H,4-5,10-11,17H2,1-3H3,(H,18,21). The number of hydrogen-bond donors (Lipinski definition) is 2. The topological polar surface area (TPSA) is 75.4 Å². The molecule has 116 valence electrons. The Balaban J connectivity index is 2.51. The summed E-state index contributed by atoms with van der Waals surface area (Å²) in [5.41, 5.74) is 6.68. The Morgan fingerprint density at radius 2 is 1.86 bits per heavy atom. The summed E-state index contributed by atoms with van der Waals surface area (Å²) in [6, 6.07) is 6.62. The molecule has 1 aromatic carbocycles. The largest absolute Gasteiger partial charge is 0.399 e. The molecule has 0 fully saturated rings. The molecular weight excluding hydrogens is 266 g/mol. The second kappa shape index (κ2) is 8.29. The molecule has 0 spiro atoms. The van der Waals surface area contributed by atoms with Crippen LogP contribution in [0.4, 0.5) is 5.69 Å². The second-order valence-corrected chi connectivity index (χ2v) is 5.25. The minimum absolute atomic E-state index is 0.0213. The van der Waals surface area contributed by atoms with Crippen LogP contribution in [0.5, 0.6) is 0 Å². The van der Waals surface area contributed by atoms with E-state index >= 15 is 0 Å². The summed E-state index contributed by atoms with van der Waals surface area (Å²) in [4.78, 5) is 25.8. The Kier molecular flexibility index (Phi) is 6.72. The van der Waals surface area contributed by atoms with Crippen LogP contribution in [0.25, 0.3) is 0 Å². The molecular formula is C16H25N3O2. The predicted octanol–water partition coefficient (Wildman–Crippen LogP) is 1.89. The number of hydrogen-bond acceptors (Lipinski definition) is 3. The minimum atomic E-state index is -0.261. The van der Waals surface area contributed by atoms with Crippen LogP contribution in [-0.4, -0.2) is 36.3 Å². The molecule has 0 saturated carbocycles. The van der Waals surface area contributed by atoms with Crippen molar-refractivity contribution in [3.05, 3.63) is 29.8 Å². The number of nitrogen functional groups attached to an aromatic ring is 1. The van der Waals surface area contributed by atoms with Gasteiger partial charge in [0.2, 0.25) is 5.91 Å². The zero-order valence-electron chi connectivity index (χ0n) is 13.1. The van der Waals surface area contributed by atoms with Crippen LogP contribution in [0.1, 0.15) is 37.6 Å². The van der Waals surface area contributed by atoms with Gasteiger partial charge in [-0.1, -0.05) is 20.3 Å². The van der Waals surface area contributed by atoms with Crippen molar-refractivity contribution in [1.29, 1.82) is 0 Å². The molecule has 0 radical (unpaired) electrons. The monoisotopic (exact) mass is 291 g/mol. The van der Waals surface area contributed by atoms with Crippen LogP contribution >= 0.6 is 0 Å². The van der Waals surface area contributed by atoms with Gasteiger partial charge in [-0.15, -0.1) is 0 Å². The number of rotatable bonds is 7. The summed E-state index contributed by atoms with van der Waals surface area (Å²) < 4.78 is 0. The highest BCUT2D eigenvalue weighted by molar-refractivity contribution is 5.96. The Morgan fingerprint density at radius 1 is 1.24 bits per heavy atom. The van der Waals surface area contributed by atoms with Gasteiger partial charge in [-0.2, -0.15) is 0 Å². The van der Waals surface area contributed by atoms with E-state index in [0.717, 1.165) is 13.0 Å². The number of nitrogens with one attached hydrogen (secondary N) is 1. The van der Waals surface area contributed by atoms with E-state index in [1.54, 1.807) is 29.2 Å². The fraction of sp³-hybridized carbons (Fsp3) is 0.500. The summed E-state index contributed by atoms with van der Waals surface area (Å²) in [5.74, 6) is 0.145. The smallest absolute Gasteiger partial charge is 0.251 e. The zero-order valence-corrected chi connectivity index (χ0v) is 13.1. The van der Waals surface area contributed by atoms with Crippen molar-refractivity contribution < 1.29 is 9.59 Å². The summed E-state index contributed by atoms with van der Waals surface area (Å²) in [6.07, 6.45) is 1.03. The number of likely N-dealkylation sites (N-methyl/N-ethyl adjacent to an activating group) is 1. The van der Waals surface area contributed by atoms with Crippen molar-refractivity contribution in [2.24, 2.45) is 5.92 Å². The number of nitrogens with zero attached hydrogens (tertiary/aromatic N) is 1. The molecule has 5 nitrogen and oxygen atoms in total. The van der Waals surface area contributed by atoms with Crippen LogP contribution in [0.2, 0.25) is 0 Å².